The van der Waals surface area contributed by atoms with Crippen molar-refractivity contribution in [3.05, 3.63) is 93.6 Å². The molecule has 1 fully saturated rings. The predicted octanol–water partition coefficient (Wildman–Crippen LogP) is 6.35. The van der Waals surface area contributed by atoms with Crippen LogP contribution in [0, 0.1) is 5.82 Å². The van der Waals surface area contributed by atoms with Crippen LogP contribution in [0.15, 0.2) is 76.6 Å². The maximum Gasteiger partial charge on any atom is 0.264 e. The molecule has 3 aromatic carbocycles. The summed E-state index contributed by atoms with van der Waals surface area (Å²) >= 11 is 7.72. The van der Waals surface area contributed by atoms with Crippen molar-refractivity contribution in [3.8, 4) is 11.5 Å². The summed E-state index contributed by atoms with van der Waals surface area (Å²) in [7, 11) is 0. The maximum atomic E-state index is 13.9. The van der Waals surface area contributed by atoms with Gasteiger partial charge in [0.25, 0.3) is 5.91 Å². The lowest BCUT2D eigenvalue weighted by Crippen LogP contribution is -2.19. The molecule has 1 aliphatic rings. The summed E-state index contributed by atoms with van der Waals surface area (Å²) in [5.41, 5.74) is 1.83. The van der Waals surface area contributed by atoms with Gasteiger partial charge in [-0.3, -0.25) is 4.79 Å². The Morgan fingerprint density at radius 3 is 2.61 bits per heavy atom. The maximum absolute atomic E-state index is 13.9. The van der Waals surface area contributed by atoms with Gasteiger partial charge in [-0.1, -0.05) is 48.0 Å². The molecular formula is C25H20ClFN2O3S. The third-order valence-corrected chi connectivity index (χ3v) is 5.79. The molecule has 0 radical (unpaired) electrons. The van der Waals surface area contributed by atoms with Crippen LogP contribution in [-0.4, -0.2) is 17.7 Å². The molecule has 1 heterocycles. The van der Waals surface area contributed by atoms with Crippen molar-refractivity contribution >= 4 is 46.2 Å². The van der Waals surface area contributed by atoms with Crippen LogP contribution in [0.2, 0.25) is 5.02 Å². The van der Waals surface area contributed by atoms with E-state index in [0.29, 0.717) is 44.3 Å². The first-order chi connectivity index (χ1) is 16.0. The number of amides is 1. The zero-order valence-corrected chi connectivity index (χ0v) is 19.3. The number of carbonyl (C=O) groups excluding carboxylic acids is 1. The number of para-hydroxylation sites is 1. The summed E-state index contributed by atoms with van der Waals surface area (Å²) in [5.74, 6) is 0.127. The van der Waals surface area contributed by atoms with Crippen LogP contribution in [0.1, 0.15) is 18.1 Å². The van der Waals surface area contributed by atoms with Gasteiger partial charge in [0.1, 0.15) is 12.4 Å². The Hall–Kier alpha value is -3.29. The molecule has 33 heavy (non-hydrogen) atoms. The lowest BCUT2D eigenvalue weighted by molar-refractivity contribution is -0.115. The Kier molecular flexibility index (Phi) is 7.32. The van der Waals surface area contributed by atoms with Crippen LogP contribution in [0.3, 0.4) is 0 Å². The summed E-state index contributed by atoms with van der Waals surface area (Å²) in [5, 5.41) is 3.56. The van der Waals surface area contributed by atoms with E-state index < -0.39 is 0 Å². The van der Waals surface area contributed by atoms with Crippen LogP contribution in [0.25, 0.3) is 6.08 Å². The van der Waals surface area contributed by atoms with Gasteiger partial charge in [-0.15, -0.1) is 0 Å². The van der Waals surface area contributed by atoms with Gasteiger partial charge in [-0.2, -0.15) is 0 Å². The van der Waals surface area contributed by atoms with Crippen molar-refractivity contribution in [2.24, 2.45) is 4.99 Å². The molecule has 0 atom stereocenters. The third kappa shape index (κ3) is 5.74. The fourth-order valence-corrected chi connectivity index (χ4v) is 4.21. The number of nitrogens with one attached hydrogen (secondary N) is 1. The number of nitrogens with zero attached hydrogens (tertiary/aromatic N) is 1. The van der Waals surface area contributed by atoms with Gasteiger partial charge in [-0.05, 0) is 60.7 Å². The summed E-state index contributed by atoms with van der Waals surface area (Å²) < 4.78 is 25.4. The molecule has 0 bridgehead atoms. The summed E-state index contributed by atoms with van der Waals surface area (Å²) in [6.45, 7) is 2.23. The predicted molar refractivity (Wildman–Crippen MR) is 131 cm³/mol. The number of halogens is 2. The number of thioether (sulfide) groups is 1. The average Bonchev–Trinajstić information content (AvgIpc) is 3.13. The van der Waals surface area contributed by atoms with Crippen LogP contribution >= 0.6 is 23.4 Å². The first kappa shape index (κ1) is 22.9. The highest BCUT2D eigenvalue weighted by molar-refractivity contribution is 8.18. The third-order valence-electron chi connectivity index (χ3n) is 4.60. The van der Waals surface area contributed by atoms with Crippen molar-refractivity contribution < 1.29 is 18.7 Å². The van der Waals surface area contributed by atoms with Gasteiger partial charge in [0.2, 0.25) is 0 Å². The second kappa shape index (κ2) is 10.6. The van der Waals surface area contributed by atoms with Crippen molar-refractivity contribution in [3.63, 3.8) is 0 Å². The van der Waals surface area contributed by atoms with E-state index in [0.717, 1.165) is 5.69 Å². The lowest BCUT2D eigenvalue weighted by atomic mass is 10.1. The molecule has 0 unspecified atom stereocenters. The standard InChI is InChI=1S/C25H20ClFN2O3S/c1-2-31-21-13-16(12-19(26)23(21)32-15-17-8-6-7-11-20(17)27)14-22-24(30)29-25(33-22)28-18-9-4-3-5-10-18/h3-14H,2,15H2,1H3,(H,28,29,30)/b22-14-. The van der Waals surface area contributed by atoms with Gasteiger partial charge < -0.3 is 14.8 Å². The lowest BCUT2D eigenvalue weighted by Gasteiger charge is -2.15. The van der Waals surface area contributed by atoms with E-state index in [2.05, 4.69) is 10.3 Å². The number of ether oxygens (including phenoxy) is 2. The molecular weight excluding hydrogens is 463 g/mol. The molecule has 168 valence electrons. The van der Waals surface area contributed by atoms with Crippen LogP contribution in [0.5, 0.6) is 11.5 Å². The molecule has 0 aliphatic carbocycles. The Balaban J connectivity index is 1.57. The Bertz CT molecular complexity index is 1230. The van der Waals surface area contributed by atoms with Gasteiger partial charge in [0, 0.05) is 5.56 Å². The zero-order chi connectivity index (χ0) is 23.2. The van der Waals surface area contributed by atoms with E-state index >= 15 is 0 Å². The SMILES string of the molecule is CCOc1cc(/C=C2\SC(=Nc3ccccc3)NC2=O)cc(Cl)c1OCc1ccccc1F. The van der Waals surface area contributed by atoms with Gasteiger partial charge in [0.15, 0.2) is 16.7 Å². The van der Waals surface area contributed by atoms with E-state index in [1.165, 1.54) is 17.8 Å². The molecule has 5 nitrogen and oxygen atoms in total. The number of amidine groups is 1. The fourth-order valence-electron chi connectivity index (χ4n) is 3.09. The summed E-state index contributed by atoms with van der Waals surface area (Å²) in [6, 6.07) is 19.2. The number of hydrogen-bond acceptors (Lipinski definition) is 5. The molecule has 1 amide bonds. The molecule has 0 aromatic heterocycles. The average molecular weight is 483 g/mol. The monoisotopic (exact) mass is 482 g/mol. The Labute approximate surface area is 200 Å². The van der Waals surface area contributed by atoms with Crippen LogP contribution in [0.4, 0.5) is 10.1 Å². The number of carbonyl (C=O) groups is 1. The summed E-state index contributed by atoms with van der Waals surface area (Å²) in [6.07, 6.45) is 1.71. The van der Waals surface area contributed by atoms with E-state index in [1.807, 2.05) is 37.3 Å². The van der Waals surface area contributed by atoms with Crippen LogP contribution < -0.4 is 14.8 Å². The highest BCUT2D eigenvalue weighted by Gasteiger charge is 2.24. The van der Waals surface area contributed by atoms with Crippen molar-refractivity contribution in [2.75, 3.05) is 6.61 Å². The largest absolute Gasteiger partial charge is 0.490 e. The van der Waals surface area contributed by atoms with E-state index in [4.69, 9.17) is 21.1 Å². The topological polar surface area (TPSA) is 59.9 Å². The second-order valence-corrected chi connectivity index (χ2v) is 8.40. The van der Waals surface area contributed by atoms with E-state index in [-0.39, 0.29) is 18.3 Å². The molecule has 1 saturated heterocycles. The number of rotatable bonds is 7. The molecule has 0 spiro atoms. The van der Waals surface area contributed by atoms with Gasteiger partial charge in [0.05, 0.1) is 22.2 Å². The van der Waals surface area contributed by atoms with Crippen molar-refractivity contribution in [1.29, 1.82) is 0 Å². The van der Waals surface area contributed by atoms with E-state index in [1.54, 1.807) is 36.4 Å². The van der Waals surface area contributed by atoms with Gasteiger partial charge >= 0.3 is 0 Å². The minimum absolute atomic E-state index is 0.00444. The molecule has 8 heteroatoms. The molecule has 0 saturated carbocycles. The molecule has 4 rings (SSSR count). The number of aliphatic imine (C=N–C) groups is 1. The molecule has 1 aliphatic heterocycles. The quantitative estimate of drug-likeness (QED) is 0.399. The Morgan fingerprint density at radius 2 is 1.85 bits per heavy atom. The fraction of sp³-hybridized carbons (Fsp3) is 0.120. The van der Waals surface area contributed by atoms with E-state index in [9.17, 15) is 9.18 Å². The van der Waals surface area contributed by atoms with Crippen LogP contribution in [-0.2, 0) is 11.4 Å². The highest BCUT2D eigenvalue weighted by atomic mass is 35.5. The second-order valence-electron chi connectivity index (χ2n) is 6.96. The first-order valence-electron chi connectivity index (χ1n) is 10.2. The normalized spacial score (nSPS) is 15.7. The van der Waals surface area contributed by atoms with Crippen molar-refractivity contribution in [2.45, 2.75) is 13.5 Å². The highest BCUT2D eigenvalue weighted by Crippen LogP contribution is 2.39. The molecule has 1 N–H and O–H groups in total. The Morgan fingerprint density at radius 1 is 1.09 bits per heavy atom. The number of hydrogen-bond donors (Lipinski definition) is 1. The molecule has 3 aromatic rings. The van der Waals surface area contributed by atoms with Crippen molar-refractivity contribution in [1.82, 2.24) is 5.32 Å². The summed E-state index contributed by atoms with van der Waals surface area (Å²) in [4.78, 5) is 17.3. The van der Waals surface area contributed by atoms with Gasteiger partial charge in [-0.25, -0.2) is 9.38 Å². The smallest absolute Gasteiger partial charge is 0.264 e. The minimum Gasteiger partial charge on any atom is -0.490 e. The first-order valence-corrected chi connectivity index (χ1v) is 11.4. The minimum atomic E-state index is -0.356. The number of benzene rings is 3. The zero-order valence-electron chi connectivity index (χ0n) is 17.7.